The van der Waals surface area contributed by atoms with Crippen molar-refractivity contribution in [2.75, 3.05) is 5.32 Å². The second-order valence-electron chi connectivity index (χ2n) is 2.49. The summed E-state index contributed by atoms with van der Waals surface area (Å²) in [6, 6.07) is 2.15. The third-order valence-electron chi connectivity index (χ3n) is 1.44. The zero-order valence-corrected chi connectivity index (χ0v) is 7.02. The van der Waals surface area contributed by atoms with Crippen molar-refractivity contribution in [2.24, 2.45) is 0 Å². The van der Waals surface area contributed by atoms with Gasteiger partial charge in [0.25, 0.3) is 0 Å². The third kappa shape index (κ3) is 1.84. The van der Waals surface area contributed by atoms with Crippen LogP contribution in [0.15, 0.2) is 21.4 Å². The molecule has 0 atom stereocenters. The van der Waals surface area contributed by atoms with Gasteiger partial charge in [0.15, 0.2) is 5.82 Å². The second-order valence-corrected chi connectivity index (χ2v) is 2.49. The Morgan fingerprint density at radius 3 is 3.00 bits per heavy atom. The molecule has 0 amide bonds. The van der Waals surface area contributed by atoms with E-state index in [1.807, 2.05) is 0 Å². The molecular formula is C7H8N4O2. The number of aromatic nitrogens is 3. The maximum atomic E-state index is 4.83. The molecule has 68 valence electrons. The number of rotatable bonds is 3. The fourth-order valence-corrected chi connectivity index (χ4v) is 0.864. The largest absolute Gasteiger partial charge is 0.364 e. The van der Waals surface area contributed by atoms with E-state index in [0.717, 1.165) is 5.69 Å². The number of aryl methyl sites for hydroxylation is 1. The number of nitrogens with one attached hydrogen (secondary N) is 1. The van der Waals surface area contributed by atoms with E-state index >= 15 is 0 Å². The minimum atomic E-state index is 0.389. The molecule has 2 heterocycles. The number of anilines is 1. The van der Waals surface area contributed by atoms with Crippen LogP contribution in [-0.2, 0) is 6.54 Å². The molecule has 0 spiro atoms. The van der Waals surface area contributed by atoms with Crippen LogP contribution >= 0.6 is 0 Å². The Kier molecular flexibility index (Phi) is 1.95. The lowest BCUT2D eigenvalue weighted by Gasteiger charge is -1.93. The fourth-order valence-electron chi connectivity index (χ4n) is 0.864. The molecule has 13 heavy (non-hydrogen) atoms. The summed E-state index contributed by atoms with van der Waals surface area (Å²) in [5.41, 5.74) is 0.788. The van der Waals surface area contributed by atoms with Crippen molar-refractivity contribution < 1.29 is 9.05 Å². The Hall–Kier alpha value is -1.85. The van der Waals surface area contributed by atoms with Gasteiger partial charge >= 0.3 is 6.01 Å². The standard InChI is InChI=1S/C7H8N4O2/c1-5-9-7(13-10-5)8-4-6-2-3-12-11-6/h2-3H,4H2,1H3,(H,8,9,10). The van der Waals surface area contributed by atoms with Gasteiger partial charge in [0, 0.05) is 6.07 Å². The third-order valence-corrected chi connectivity index (χ3v) is 1.44. The van der Waals surface area contributed by atoms with E-state index in [4.69, 9.17) is 4.52 Å². The molecular weight excluding hydrogens is 172 g/mol. The van der Waals surface area contributed by atoms with Crippen LogP contribution in [0, 0.1) is 6.92 Å². The predicted molar refractivity (Wildman–Crippen MR) is 42.9 cm³/mol. The van der Waals surface area contributed by atoms with Crippen molar-refractivity contribution in [3.8, 4) is 0 Å². The van der Waals surface area contributed by atoms with Crippen LogP contribution < -0.4 is 5.32 Å². The first-order chi connectivity index (χ1) is 6.34. The molecule has 0 aliphatic rings. The number of hydrogen-bond donors (Lipinski definition) is 1. The molecule has 0 aromatic carbocycles. The summed E-state index contributed by atoms with van der Waals surface area (Å²) in [4.78, 5) is 3.96. The van der Waals surface area contributed by atoms with Gasteiger partial charge < -0.3 is 14.4 Å². The zero-order chi connectivity index (χ0) is 9.10. The maximum absolute atomic E-state index is 4.83. The van der Waals surface area contributed by atoms with Gasteiger partial charge in [-0.2, -0.15) is 4.98 Å². The van der Waals surface area contributed by atoms with Crippen LogP contribution in [0.1, 0.15) is 11.5 Å². The summed E-state index contributed by atoms with van der Waals surface area (Å²) >= 11 is 0. The molecule has 6 heteroatoms. The Morgan fingerprint density at radius 1 is 1.46 bits per heavy atom. The smallest absolute Gasteiger partial charge is 0.321 e. The predicted octanol–water partition coefficient (Wildman–Crippen LogP) is 0.978. The number of hydrogen-bond acceptors (Lipinski definition) is 6. The Labute approximate surface area is 73.9 Å². The van der Waals surface area contributed by atoms with Gasteiger partial charge in [-0.1, -0.05) is 10.3 Å². The first-order valence-electron chi connectivity index (χ1n) is 3.78. The highest BCUT2D eigenvalue weighted by Crippen LogP contribution is 2.04. The lowest BCUT2D eigenvalue weighted by Crippen LogP contribution is -1.99. The Morgan fingerprint density at radius 2 is 2.38 bits per heavy atom. The molecule has 2 aromatic heterocycles. The van der Waals surface area contributed by atoms with Crippen LogP contribution in [0.4, 0.5) is 6.01 Å². The van der Waals surface area contributed by atoms with E-state index in [1.165, 1.54) is 6.26 Å². The fraction of sp³-hybridized carbons (Fsp3) is 0.286. The van der Waals surface area contributed by atoms with Crippen LogP contribution in [0.25, 0.3) is 0 Å². The van der Waals surface area contributed by atoms with Gasteiger partial charge in [0.05, 0.1) is 6.54 Å². The van der Waals surface area contributed by atoms with E-state index in [0.29, 0.717) is 18.4 Å². The summed E-state index contributed by atoms with van der Waals surface area (Å²) in [6.45, 7) is 2.27. The van der Waals surface area contributed by atoms with E-state index in [9.17, 15) is 0 Å². The normalized spacial score (nSPS) is 10.2. The van der Waals surface area contributed by atoms with Gasteiger partial charge in [-0.25, -0.2) is 0 Å². The highest BCUT2D eigenvalue weighted by Gasteiger charge is 2.02. The summed E-state index contributed by atoms with van der Waals surface area (Å²) in [7, 11) is 0. The minimum absolute atomic E-state index is 0.389. The molecule has 6 nitrogen and oxygen atoms in total. The lowest BCUT2D eigenvalue weighted by molar-refractivity contribution is 0.409. The Balaban J connectivity index is 1.93. The van der Waals surface area contributed by atoms with E-state index in [-0.39, 0.29) is 0 Å². The van der Waals surface area contributed by atoms with E-state index < -0.39 is 0 Å². The topological polar surface area (TPSA) is 77.0 Å². The first-order valence-corrected chi connectivity index (χ1v) is 3.78. The van der Waals surface area contributed by atoms with Crippen molar-refractivity contribution in [1.29, 1.82) is 0 Å². The van der Waals surface area contributed by atoms with E-state index in [1.54, 1.807) is 13.0 Å². The maximum Gasteiger partial charge on any atom is 0.321 e. The zero-order valence-electron chi connectivity index (χ0n) is 7.02. The van der Waals surface area contributed by atoms with Gasteiger partial charge in [-0.15, -0.1) is 0 Å². The number of nitrogens with zero attached hydrogens (tertiary/aromatic N) is 3. The molecule has 0 bridgehead atoms. The molecule has 0 saturated carbocycles. The molecule has 0 saturated heterocycles. The van der Waals surface area contributed by atoms with Crippen molar-refractivity contribution >= 4 is 6.01 Å². The molecule has 0 radical (unpaired) electrons. The highest BCUT2D eigenvalue weighted by molar-refractivity contribution is 5.19. The molecule has 2 rings (SSSR count). The highest BCUT2D eigenvalue weighted by atomic mass is 16.5. The van der Waals surface area contributed by atoms with Crippen LogP contribution in [0.2, 0.25) is 0 Å². The second kappa shape index (κ2) is 3.26. The summed E-state index contributed by atoms with van der Waals surface area (Å²) < 4.78 is 9.48. The first kappa shape index (κ1) is 7.78. The minimum Gasteiger partial charge on any atom is -0.364 e. The molecule has 2 aromatic rings. The van der Waals surface area contributed by atoms with Crippen molar-refractivity contribution in [3.05, 3.63) is 23.8 Å². The average molecular weight is 180 g/mol. The average Bonchev–Trinajstić information content (AvgIpc) is 2.71. The van der Waals surface area contributed by atoms with Gasteiger partial charge in [-0.05, 0) is 6.92 Å². The quantitative estimate of drug-likeness (QED) is 0.758. The van der Waals surface area contributed by atoms with Gasteiger partial charge in [0.1, 0.15) is 12.0 Å². The lowest BCUT2D eigenvalue weighted by atomic mass is 10.4. The van der Waals surface area contributed by atoms with E-state index in [2.05, 4.69) is 25.1 Å². The molecule has 0 unspecified atom stereocenters. The molecule has 0 aliphatic heterocycles. The Bertz CT molecular complexity index is 368. The molecule has 0 aliphatic carbocycles. The van der Waals surface area contributed by atoms with Crippen molar-refractivity contribution in [3.63, 3.8) is 0 Å². The molecule has 0 fully saturated rings. The molecule has 1 N–H and O–H groups in total. The van der Waals surface area contributed by atoms with Crippen molar-refractivity contribution in [1.82, 2.24) is 15.3 Å². The summed E-state index contributed by atoms with van der Waals surface area (Å²) in [6.07, 6.45) is 1.51. The SMILES string of the molecule is Cc1noc(NCc2ccon2)n1. The summed E-state index contributed by atoms with van der Waals surface area (Å²) in [5.74, 6) is 0.600. The van der Waals surface area contributed by atoms with Crippen LogP contribution in [-0.4, -0.2) is 15.3 Å². The van der Waals surface area contributed by atoms with Gasteiger partial charge in [0.2, 0.25) is 0 Å². The van der Waals surface area contributed by atoms with Crippen molar-refractivity contribution in [2.45, 2.75) is 13.5 Å². The van der Waals surface area contributed by atoms with Crippen LogP contribution in [0.3, 0.4) is 0 Å². The monoisotopic (exact) mass is 180 g/mol. The van der Waals surface area contributed by atoms with Gasteiger partial charge in [-0.3, -0.25) is 0 Å². The summed E-state index contributed by atoms with van der Waals surface area (Å²) in [5, 5.41) is 10.2. The van der Waals surface area contributed by atoms with Crippen LogP contribution in [0.5, 0.6) is 0 Å².